The Morgan fingerprint density at radius 1 is 1.19 bits per heavy atom. The highest BCUT2D eigenvalue weighted by Crippen LogP contribution is 2.35. The van der Waals surface area contributed by atoms with Gasteiger partial charge in [0.1, 0.15) is 24.6 Å². The van der Waals surface area contributed by atoms with Gasteiger partial charge in [-0.25, -0.2) is 4.39 Å². The van der Waals surface area contributed by atoms with Gasteiger partial charge in [-0.3, -0.25) is 4.79 Å². The Balaban J connectivity index is 1.66. The smallest absolute Gasteiger partial charge is 0.290 e. The van der Waals surface area contributed by atoms with Crippen molar-refractivity contribution in [1.82, 2.24) is 4.90 Å². The third kappa shape index (κ3) is 3.12. The van der Waals surface area contributed by atoms with Crippen molar-refractivity contribution in [3.8, 4) is 11.5 Å². The maximum absolute atomic E-state index is 13.5. The zero-order chi connectivity index (χ0) is 19.0. The molecular formula is C21H20FNO4. The lowest BCUT2D eigenvalue weighted by atomic mass is 10.1. The predicted octanol–water partition coefficient (Wildman–Crippen LogP) is 4.31. The summed E-state index contributed by atoms with van der Waals surface area (Å²) in [5.41, 5.74) is 2.02. The van der Waals surface area contributed by atoms with E-state index in [9.17, 15) is 9.18 Å². The second-order valence-corrected chi connectivity index (χ2v) is 6.46. The molecule has 6 heteroatoms. The van der Waals surface area contributed by atoms with E-state index >= 15 is 0 Å². The van der Waals surface area contributed by atoms with Crippen molar-refractivity contribution >= 4 is 16.9 Å². The first-order valence-electron chi connectivity index (χ1n) is 8.94. The van der Waals surface area contributed by atoms with Crippen molar-refractivity contribution in [2.75, 3.05) is 19.8 Å². The number of hydrogen-bond acceptors (Lipinski definition) is 4. The normalized spacial score (nSPS) is 13.0. The fourth-order valence-corrected chi connectivity index (χ4v) is 3.33. The lowest BCUT2D eigenvalue weighted by Gasteiger charge is -2.25. The number of furan rings is 1. The highest BCUT2D eigenvalue weighted by atomic mass is 19.1. The molecule has 0 unspecified atom stereocenters. The average molecular weight is 369 g/mol. The Labute approximate surface area is 156 Å². The van der Waals surface area contributed by atoms with Gasteiger partial charge in [0.2, 0.25) is 0 Å². The molecule has 0 bridgehead atoms. The van der Waals surface area contributed by atoms with Gasteiger partial charge in [-0.2, -0.15) is 0 Å². The van der Waals surface area contributed by atoms with Crippen molar-refractivity contribution in [1.29, 1.82) is 0 Å². The molecule has 27 heavy (non-hydrogen) atoms. The molecule has 0 radical (unpaired) electrons. The zero-order valence-corrected chi connectivity index (χ0v) is 15.3. The summed E-state index contributed by atoms with van der Waals surface area (Å²) in [5, 5.41) is 0.614. The average Bonchev–Trinajstić information content (AvgIpc) is 3.01. The summed E-state index contributed by atoms with van der Waals surface area (Å²) in [6, 6.07) is 9.92. The third-order valence-electron chi connectivity index (χ3n) is 4.77. The maximum atomic E-state index is 13.5. The molecule has 1 amide bonds. The minimum atomic E-state index is -0.356. The van der Waals surface area contributed by atoms with Crippen LogP contribution >= 0.6 is 0 Å². The largest absolute Gasteiger partial charge is 0.486 e. The molecule has 1 aliphatic rings. The molecule has 0 saturated heterocycles. The molecule has 140 valence electrons. The first kappa shape index (κ1) is 17.4. The quantitative estimate of drug-likeness (QED) is 0.688. The number of ether oxygens (including phenoxy) is 2. The maximum Gasteiger partial charge on any atom is 0.290 e. The van der Waals surface area contributed by atoms with Gasteiger partial charge in [0.15, 0.2) is 17.3 Å². The van der Waals surface area contributed by atoms with Gasteiger partial charge in [0.25, 0.3) is 5.91 Å². The fraction of sp³-hybridized carbons (Fsp3) is 0.286. The minimum absolute atomic E-state index is 0.235. The number of benzene rings is 2. The van der Waals surface area contributed by atoms with Crippen molar-refractivity contribution in [2.24, 2.45) is 0 Å². The summed E-state index contributed by atoms with van der Waals surface area (Å²) >= 11 is 0. The molecule has 0 N–H and O–H groups in total. The van der Waals surface area contributed by atoms with Gasteiger partial charge >= 0.3 is 0 Å². The minimum Gasteiger partial charge on any atom is -0.486 e. The molecule has 3 aromatic rings. The van der Waals surface area contributed by atoms with Crippen LogP contribution in [0, 0.1) is 12.7 Å². The summed E-state index contributed by atoms with van der Waals surface area (Å²) in [6.07, 6.45) is 0. The van der Waals surface area contributed by atoms with Crippen molar-refractivity contribution in [2.45, 2.75) is 20.4 Å². The van der Waals surface area contributed by atoms with Gasteiger partial charge in [0.05, 0.1) is 0 Å². The monoisotopic (exact) mass is 369 g/mol. The van der Waals surface area contributed by atoms with Crippen LogP contribution in [-0.2, 0) is 6.54 Å². The number of carbonyl (C=O) groups is 1. The summed E-state index contributed by atoms with van der Waals surface area (Å²) in [5.74, 6) is 1.02. The molecule has 1 aromatic heterocycles. The van der Waals surface area contributed by atoms with Crippen LogP contribution < -0.4 is 9.47 Å². The molecule has 0 saturated carbocycles. The summed E-state index contributed by atoms with van der Waals surface area (Å²) in [6.45, 7) is 5.54. The first-order chi connectivity index (χ1) is 13.1. The fourth-order valence-electron chi connectivity index (χ4n) is 3.33. The number of fused-ring (bicyclic) bond motifs is 2. The predicted molar refractivity (Wildman–Crippen MR) is 98.8 cm³/mol. The van der Waals surface area contributed by atoms with E-state index in [4.69, 9.17) is 13.9 Å². The first-order valence-corrected chi connectivity index (χ1v) is 8.94. The Kier molecular flexibility index (Phi) is 4.48. The highest BCUT2D eigenvalue weighted by Gasteiger charge is 2.25. The van der Waals surface area contributed by atoms with E-state index in [1.54, 1.807) is 17.9 Å². The van der Waals surface area contributed by atoms with Crippen molar-refractivity contribution in [3.05, 3.63) is 59.1 Å². The number of para-hydroxylation sites is 1. The second-order valence-electron chi connectivity index (χ2n) is 6.46. The van der Waals surface area contributed by atoms with Crippen LogP contribution in [0.2, 0.25) is 0 Å². The number of amides is 1. The van der Waals surface area contributed by atoms with Gasteiger partial charge in [-0.15, -0.1) is 0 Å². The Hall–Kier alpha value is -3.02. The van der Waals surface area contributed by atoms with E-state index in [1.165, 1.54) is 12.1 Å². The highest BCUT2D eigenvalue weighted by molar-refractivity contribution is 5.99. The van der Waals surface area contributed by atoms with E-state index in [0.29, 0.717) is 54.3 Å². The summed E-state index contributed by atoms with van der Waals surface area (Å²) in [4.78, 5) is 14.8. The molecule has 2 heterocycles. The number of nitrogens with zero attached hydrogens (tertiary/aromatic N) is 1. The van der Waals surface area contributed by atoms with Crippen LogP contribution in [-0.4, -0.2) is 30.6 Å². The van der Waals surface area contributed by atoms with Gasteiger partial charge in [0, 0.05) is 29.6 Å². The molecule has 5 nitrogen and oxygen atoms in total. The molecule has 1 aliphatic heterocycles. The van der Waals surface area contributed by atoms with Crippen LogP contribution in [0.5, 0.6) is 11.5 Å². The van der Waals surface area contributed by atoms with Gasteiger partial charge in [-0.1, -0.05) is 12.1 Å². The van der Waals surface area contributed by atoms with Crippen molar-refractivity contribution in [3.63, 3.8) is 0 Å². The molecular weight excluding hydrogens is 349 g/mol. The topological polar surface area (TPSA) is 51.9 Å². The second kappa shape index (κ2) is 6.95. The molecule has 0 fully saturated rings. The Morgan fingerprint density at radius 3 is 2.81 bits per heavy atom. The Bertz CT molecular complexity index is 1010. The number of rotatable bonds is 4. The van der Waals surface area contributed by atoms with E-state index in [1.807, 2.05) is 25.1 Å². The molecule has 0 atom stereocenters. The molecule has 0 spiro atoms. The molecule has 0 aliphatic carbocycles. The number of halogens is 1. The van der Waals surface area contributed by atoms with E-state index in [0.717, 1.165) is 5.56 Å². The lowest BCUT2D eigenvalue weighted by molar-refractivity contribution is 0.0718. The standard InChI is InChI=1S/C21H20FNO4/c1-3-23(12-14-5-4-6-18-20(14)26-10-9-25-18)21(24)19-13(2)16-11-15(22)7-8-17(16)27-19/h4-8,11H,3,9-10,12H2,1-2H3. The van der Waals surface area contributed by atoms with Crippen LogP contribution in [0.3, 0.4) is 0 Å². The van der Waals surface area contributed by atoms with E-state index in [-0.39, 0.29) is 17.5 Å². The van der Waals surface area contributed by atoms with Crippen LogP contribution in [0.4, 0.5) is 4.39 Å². The van der Waals surface area contributed by atoms with Gasteiger partial charge < -0.3 is 18.8 Å². The molecule has 4 rings (SSSR count). The van der Waals surface area contributed by atoms with Gasteiger partial charge in [-0.05, 0) is 38.1 Å². The van der Waals surface area contributed by atoms with Crippen molar-refractivity contribution < 1.29 is 23.1 Å². The SMILES string of the molecule is CCN(Cc1cccc2c1OCCO2)C(=O)c1oc2ccc(F)cc2c1C. The van der Waals surface area contributed by atoms with Crippen LogP contribution in [0.25, 0.3) is 11.0 Å². The number of aryl methyl sites for hydroxylation is 1. The third-order valence-corrected chi connectivity index (χ3v) is 4.77. The van der Waals surface area contributed by atoms with E-state index in [2.05, 4.69) is 0 Å². The van der Waals surface area contributed by atoms with Crippen LogP contribution in [0.1, 0.15) is 28.6 Å². The number of hydrogen-bond donors (Lipinski definition) is 0. The summed E-state index contributed by atoms with van der Waals surface area (Å²) < 4.78 is 30.6. The van der Waals surface area contributed by atoms with Crippen LogP contribution in [0.15, 0.2) is 40.8 Å². The molecule has 2 aromatic carbocycles. The summed E-state index contributed by atoms with van der Waals surface area (Å²) in [7, 11) is 0. The van der Waals surface area contributed by atoms with E-state index < -0.39 is 0 Å². The number of carbonyl (C=O) groups excluding carboxylic acids is 1. The Morgan fingerprint density at radius 2 is 2.00 bits per heavy atom. The lowest BCUT2D eigenvalue weighted by Crippen LogP contribution is -2.31. The zero-order valence-electron chi connectivity index (χ0n) is 15.3.